The average molecular weight is 579 g/mol. The largest absolute Gasteiger partial charge is 0.443 e. The quantitative estimate of drug-likeness (QED) is 0.215. The summed E-state index contributed by atoms with van der Waals surface area (Å²) in [5.41, 5.74) is 6.43. The van der Waals surface area contributed by atoms with Crippen LogP contribution in [0.15, 0.2) is 11.6 Å². The van der Waals surface area contributed by atoms with Crippen molar-refractivity contribution in [2.75, 3.05) is 20.3 Å². The van der Waals surface area contributed by atoms with Gasteiger partial charge in [0.15, 0.2) is 0 Å². The molecule has 11 nitrogen and oxygen atoms in total. The first-order chi connectivity index (χ1) is 19.4. The van der Waals surface area contributed by atoms with Crippen LogP contribution in [-0.4, -0.2) is 85.8 Å². The van der Waals surface area contributed by atoms with E-state index in [-0.39, 0.29) is 71.8 Å². The summed E-state index contributed by atoms with van der Waals surface area (Å²) in [6, 6.07) is -0.673. The second-order valence-electron chi connectivity index (χ2n) is 13.1. The van der Waals surface area contributed by atoms with Crippen molar-refractivity contribution in [3.05, 3.63) is 11.6 Å². The highest BCUT2D eigenvalue weighted by Crippen LogP contribution is 2.59. The first-order valence-corrected chi connectivity index (χ1v) is 15.2. The molecule has 0 radical (unpaired) electrons. The van der Waals surface area contributed by atoms with Gasteiger partial charge >= 0.3 is 6.09 Å². The molecular weight excluding hydrogens is 528 g/mol. The molecule has 232 valence electrons. The molecule has 4 aliphatic rings. The van der Waals surface area contributed by atoms with Crippen molar-refractivity contribution < 1.29 is 33.3 Å². The van der Waals surface area contributed by atoms with Crippen LogP contribution < -0.4 is 21.7 Å². The Hall–Kier alpha value is -2.21. The molecule has 2 heterocycles. The molecule has 41 heavy (non-hydrogen) atoms. The fourth-order valence-corrected chi connectivity index (χ4v) is 6.66. The Labute approximate surface area is 244 Å². The zero-order valence-corrected chi connectivity index (χ0v) is 25.5. The van der Waals surface area contributed by atoms with Crippen LogP contribution in [0.2, 0.25) is 0 Å². The standard InChI is InChI=1S/C30H50N4O7/c1-17(2)7-12-22-29(5,41-22)26-25(38-6)21(13-14-30(26)16-39-30)40-28(37)34-20-10-8-19(9-11-20)33-23(35)15-32-27(36)24(31)18(3)4/h7,18-22,24-26H,8-16,31H2,1-6H3,(H,32,36)(H,33,35)(H,34,37)/t19?,20?,21?,22-,24+,25?,26?,29?,30+/m1/s1. The minimum Gasteiger partial charge on any atom is -0.443 e. The van der Waals surface area contributed by atoms with Crippen molar-refractivity contribution in [1.29, 1.82) is 0 Å². The third-order valence-electron chi connectivity index (χ3n) is 9.35. The van der Waals surface area contributed by atoms with Crippen LogP contribution in [0, 0.1) is 11.8 Å². The number of rotatable bonds is 11. The molecule has 2 aliphatic heterocycles. The molecule has 0 bridgehead atoms. The maximum atomic E-state index is 13.0. The van der Waals surface area contributed by atoms with Crippen molar-refractivity contribution in [3.63, 3.8) is 0 Å². The van der Waals surface area contributed by atoms with Crippen molar-refractivity contribution in [2.45, 2.75) is 127 Å². The van der Waals surface area contributed by atoms with Crippen molar-refractivity contribution in [1.82, 2.24) is 16.0 Å². The first kappa shape index (κ1) is 31.7. The second-order valence-corrected chi connectivity index (χ2v) is 13.1. The summed E-state index contributed by atoms with van der Waals surface area (Å²) in [7, 11) is 1.67. The lowest BCUT2D eigenvalue weighted by Crippen LogP contribution is -2.56. The van der Waals surface area contributed by atoms with Gasteiger partial charge in [-0.1, -0.05) is 25.5 Å². The Balaban J connectivity index is 1.22. The fourth-order valence-electron chi connectivity index (χ4n) is 6.66. The minimum absolute atomic E-state index is 0.00229. The van der Waals surface area contributed by atoms with Gasteiger partial charge in [0.25, 0.3) is 0 Å². The summed E-state index contributed by atoms with van der Waals surface area (Å²) in [5, 5.41) is 8.59. The number of nitrogens with one attached hydrogen (secondary N) is 3. The number of alkyl carbamates (subject to hydrolysis) is 1. The number of epoxide rings is 2. The zero-order valence-electron chi connectivity index (χ0n) is 25.5. The van der Waals surface area contributed by atoms with E-state index in [0.717, 1.165) is 38.5 Å². The second kappa shape index (κ2) is 13.0. The summed E-state index contributed by atoms with van der Waals surface area (Å²) < 4.78 is 24.2. The van der Waals surface area contributed by atoms with Crippen LogP contribution >= 0.6 is 0 Å². The molecule has 1 spiro atoms. The van der Waals surface area contributed by atoms with Crippen molar-refractivity contribution in [3.8, 4) is 0 Å². The predicted molar refractivity (Wildman–Crippen MR) is 153 cm³/mol. The SMILES string of the molecule is COC1C(OC(=O)NC2CCC(NC(=O)CNC(=O)[C@@H](N)C(C)C)CC2)CC[C@]2(CO2)C1C1(C)O[C@@H]1CC=C(C)C. The minimum atomic E-state index is -0.638. The Morgan fingerprint density at radius 2 is 1.71 bits per heavy atom. The molecule has 2 saturated heterocycles. The molecule has 0 aromatic carbocycles. The highest BCUT2D eigenvalue weighted by molar-refractivity contribution is 5.87. The van der Waals surface area contributed by atoms with Crippen molar-refractivity contribution in [2.24, 2.45) is 17.6 Å². The third kappa shape index (κ3) is 7.60. The Bertz CT molecular complexity index is 987. The summed E-state index contributed by atoms with van der Waals surface area (Å²) in [4.78, 5) is 37.2. The van der Waals surface area contributed by atoms with Crippen LogP contribution in [-0.2, 0) is 28.5 Å². The number of methoxy groups -OCH3 is 1. The molecule has 2 saturated carbocycles. The van der Waals surface area contributed by atoms with E-state index in [1.165, 1.54) is 5.57 Å². The van der Waals surface area contributed by atoms with E-state index in [9.17, 15) is 14.4 Å². The Morgan fingerprint density at radius 1 is 1.07 bits per heavy atom. The van der Waals surface area contributed by atoms with Gasteiger partial charge in [-0.25, -0.2) is 4.79 Å². The topological polar surface area (TPSA) is 157 Å². The van der Waals surface area contributed by atoms with Gasteiger partial charge in [-0.3, -0.25) is 9.59 Å². The van der Waals surface area contributed by atoms with E-state index in [0.29, 0.717) is 13.0 Å². The lowest BCUT2D eigenvalue weighted by atomic mass is 9.68. The summed E-state index contributed by atoms with van der Waals surface area (Å²) in [5.74, 6) is -0.594. The molecule has 11 heteroatoms. The summed E-state index contributed by atoms with van der Waals surface area (Å²) in [6.45, 7) is 10.6. The molecule has 3 amide bonds. The summed E-state index contributed by atoms with van der Waals surface area (Å²) >= 11 is 0. The molecular formula is C30H50N4O7. The molecule has 4 rings (SSSR count). The van der Waals surface area contributed by atoms with Gasteiger partial charge in [-0.05, 0) is 71.6 Å². The molecule has 0 aromatic heterocycles. The normalized spacial score (nSPS) is 36.7. The molecule has 5 N–H and O–H groups in total. The van der Waals surface area contributed by atoms with E-state index >= 15 is 0 Å². The van der Waals surface area contributed by atoms with Crippen LogP contribution in [0.1, 0.15) is 79.6 Å². The van der Waals surface area contributed by atoms with Gasteiger partial charge in [-0.15, -0.1) is 0 Å². The number of ether oxygens (including phenoxy) is 4. The van der Waals surface area contributed by atoms with E-state index in [1.807, 2.05) is 13.8 Å². The maximum Gasteiger partial charge on any atom is 0.407 e. The Kier molecular flexibility index (Phi) is 10.0. The van der Waals surface area contributed by atoms with Crippen LogP contribution in [0.4, 0.5) is 4.79 Å². The Morgan fingerprint density at radius 3 is 2.27 bits per heavy atom. The number of allylic oxidation sites excluding steroid dienone is 1. The van der Waals surface area contributed by atoms with Gasteiger partial charge in [0.1, 0.15) is 23.4 Å². The number of hydrogen-bond donors (Lipinski definition) is 4. The predicted octanol–water partition coefficient (Wildman–Crippen LogP) is 2.32. The molecule has 4 fully saturated rings. The lowest BCUT2D eigenvalue weighted by molar-refractivity contribution is -0.127. The van der Waals surface area contributed by atoms with Crippen molar-refractivity contribution >= 4 is 17.9 Å². The summed E-state index contributed by atoms with van der Waals surface area (Å²) in [6.07, 6.45) is 6.37. The number of carbonyl (C=O) groups excluding carboxylic acids is 3. The van der Waals surface area contributed by atoms with E-state index in [1.54, 1.807) is 7.11 Å². The van der Waals surface area contributed by atoms with Crippen LogP contribution in [0.25, 0.3) is 0 Å². The van der Waals surface area contributed by atoms with Gasteiger partial charge in [-0.2, -0.15) is 0 Å². The van der Waals surface area contributed by atoms with Gasteiger partial charge < -0.3 is 40.6 Å². The first-order valence-electron chi connectivity index (χ1n) is 15.2. The van der Waals surface area contributed by atoms with E-state index in [2.05, 4.69) is 42.8 Å². The molecule has 4 unspecified atom stereocenters. The van der Waals surface area contributed by atoms with Crippen LogP contribution in [0.5, 0.6) is 0 Å². The number of carbonyl (C=O) groups is 3. The monoisotopic (exact) mass is 578 g/mol. The van der Waals surface area contributed by atoms with Gasteiger partial charge in [0.05, 0.1) is 31.2 Å². The van der Waals surface area contributed by atoms with Crippen LogP contribution in [0.3, 0.4) is 0 Å². The third-order valence-corrected chi connectivity index (χ3v) is 9.35. The highest BCUT2D eigenvalue weighted by atomic mass is 16.6. The van der Waals surface area contributed by atoms with E-state index < -0.39 is 12.1 Å². The van der Waals surface area contributed by atoms with E-state index in [4.69, 9.17) is 24.7 Å². The molecule has 0 aromatic rings. The van der Waals surface area contributed by atoms with Gasteiger partial charge in [0, 0.05) is 19.2 Å². The highest BCUT2D eigenvalue weighted by Gasteiger charge is 2.72. The molecule has 7 atom stereocenters. The van der Waals surface area contributed by atoms with Gasteiger partial charge in [0.2, 0.25) is 11.8 Å². The number of hydrogen-bond acceptors (Lipinski definition) is 8. The maximum absolute atomic E-state index is 13.0. The number of nitrogens with two attached hydrogens (primary N) is 1. The average Bonchev–Trinajstić information content (AvgIpc) is 3.84. The smallest absolute Gasteiger partial charge is 0.407 e. The fraction of sp³-hybridized carbons (Fsp3) is 0.833. The number of amides is 3. The lowest BCUT2D eigenvalue weighted by Gasteiger charge is -2.42. The zero-order chi connectivity index (χ0) is 29.9. The molecule has 2 aliphatic carbocycles.